The predicted molar refractivity (Wildman–Crippen MR) is 117 cm³/mol. The summed E-state index contributed by atoms with van der Waals surface area (Å²) in [7, 11) is 1.73. The molecular weight excluding hydrogens is 386 g/mol. The number of likely N-dealkylation sites (tertiary alicyclic amines) is 2. The molecule has 0 saturated carbocycles. The number of ether oxygens (including phenoxy) is 2. The van der Waals surface area contributed by atoms with Crippen LogP contribution >= 0.6 is 0 Å². The van der Waals surface area contributed by atoms with E-state index >= 15 is 0 Å². The van der Waals surface area contributed by atoms with Gasteiger partial charge in [-0.1, -0.05) is 0 Å². The van der Waals surface area contributed by atoms with Gasteiger partial charge in [0.2, 0.25) is 0 Å². The maximum absolute atomic E-state index is 12.3. The van der Waals surface area contributed by atoms with Crippen LogP contribution in [-0.4, -0.2) is 85.0 Å². The number of nitrogens with zero attached hydrogens (tertiary/aromatic N) is 3. The molecule has 2 N–H and O–H groups in total. The summed E-state index contributed by atoms with van der Waals surface area (Å²) in [6, 6.07) is 0.147. The van der Waals surface area contributed by atoms with Crippen molar-refractivity contribution in [1.29, 1.82) is 0 Å². The summed E-state index contributed by atoms with van der Waals surface area (Å²) in [4.78, 5) is 32.1. The molecule has 0 aliphatic carbocycles. The molecule has 9 nitrogen and oxygen atoms in total. The number of amides is 2. The third-order valence-electron chi connectivity index (χ3n) is 4.83. The second-order valence-corrected chi connectivity index (χ2v) is 10.1. The van der Waals surface area contributed by atoms with Crippen molar-refractivity contribution in [2.24, 2.45) is 10.9 Å². The SMILES string of the molecule is CN=C(NCC1CCCN(C(=O)OC(C)(C)C)C1)NC1CN(C(=O)OC(C)(C)C)C1. The van der Waals surface area contributed by atoms with Gasteiger partial charge in [-0.05, 0) is 60.3 Å². The van der Waals surface area contributed by atoms with Gasteiger partial charge in [-0.25, -0.2) is 9.59 Å². The first-order chi connectivity index (χ1) is 13.9. The molecule has 2 amide bonds. The molecule has 30 heavy (non-hydrogen) atoms. The number of rotatable bonds is 3. The van der Waals surface area contributed by atoms with E-state index in [0.29, 0.717) is 31.5 Å². The van der Waals surface area contributed by atoms with Gasteiger partial charge in [0, 0.05) is 39.8 Å². The molecule has 0 aromatic heterocycles. The van der Waals surface area contributed by atoms with E-state index in [4.69, 9.17) is 9.47 Å². The van der Waals surface area contributed by atoms with Crippen LogP contribution < -0.4 is 10.6 Å². The lowest BCUT2D eigenvalue weighted by atomic mass is 9.98. The van der Waals surface area contributed by atoms with Crippen molar-refractivity contribution in [2.45, 2.75) is 71.6 Å². The van der Waals surface area contributed by atoms with Crippen LogP contribution in [0.4, 0.5) is 9.59 Å². The van der Waals surface area contributed by atoms with Crippen LogP contribution in [0.15, 0.2) is 4.99 Å². The quantitative estimate of drug-likeness (QED) is 0.533. The van der Waals surface area contributed by atoms with Crippen LogP contribution in [0, 0.1) is 5.92 Å². The van der Waals surface area contributed by atoms with Gasteiger partial charge in [0.1, 0.15) is 11.2 Å². The van der Waals surface area contributed by atoms with Gasteiger partial charge in [0.05, 0.1) is 6.04 Å². The maximum Gasteiger partial charge on any atom is 0.410 e. The first-order valence-electron chi connectivity index (χ1n) is 10.8. The maximum atomic E-state index is 12.3. The van der Waals surface area contributed by atoms with Crippen molar-refractivity contribution in [1.82, 2.24) is 20.4 Å². The molecule has 2 saturated heterocycles. The van der Waals surface area contributed by atoms with E-state index in [-0.39, 0.29) is 18.2 Å². The first kappa shape index (κ1) is 24.1. The number of hydrogen-bond acceptors (Lipinski definition) is 5. The standard InChI is InChI=1S/C21H39N5O4/c1-20(2,3)29-18(27)25-10-8-9-15(12-25)11-23-17(22-7)24-16-13-26(14-16)19(28)30-21(4,5)6/h15-16H,8-14H2,1-7H3,(H2,22,23,24). The smallest absolute Gasteiger partial charge is 0.410 e. The lowest BCUT2D eigenvalue weighted by Crippen LogP contribution is -2.63. The van der Waals surface area contributed by atoms with Crippen LogP contribution in [0.5, 0.6) is 0 Å². The highest BCUT2D eigenvalue weighted by molar-refractivity contribution is 5.80. The molecule has 0 aromatic rings. The highest BCUT2D eigenvalue weighted by atomic mass is 16.6. The zero-order valence-electron chi connectivity index (χ0n) is 19.6. The molecule has 2 aliphatic rings. The van der Waals surface area contributed by atoms with E-state index in [1.165, 1.54) is 0 Å². The summed E-state index contributed by atoms with van der Waals surface area (Å²) in [5, 5.41) is 6.69. The summed E-state index contributed by atoms with van der Waals surface area (Å²) in [5.74, 6) is 1.04. The normalized spacial score (nSPS) is 21.0. The average molecular weight is 426 g/mol. The van der Waals surface area contributed by atoms with Gasteiger partial charge in [-0.3, -0.25) is 4.99 Å². The van der Waals surface area contributed by atoms with Crippen molar-refractivity contribution < 1.29 is 19.1 Å². The predicted octanol–water partition coefficient (Wildman–Crippen LogP) is 2.42. The van der Waals surface area contributed by atoms with Gasteiger partial charge >= 0.3 is 12.2 Å². The van der Waals surface area contributed by atoms with Gasteiger partial charge < -0.3 is 29.9 Å². The Bertz CT molecular complexity index is 632. The van der Waals surface area contributed by atoms with E-state index in [1.807, 2.05) is 41.5 Å². The summed E-state index contributed by atoms with van der Waals surface area (Å²) in [5.41, 5.74) is -0.968. The Labute approximate surface area is 180 Å². The van der Waals surface area contributed by atoms with E-state index in [1.54, 1.807) is 16.8 Å². The van der Waals surface area contributed by atoms with Crippen LogP contribution in [0.1, 0.15) is 54.4 Å². The number of aliphatic imine (C=N–C) groups is 1. The molecule has 2 rings (SSSR count). The third kappa shape index (κ3) is 7.91. The number of carbonyl (C=O) groups excluding carboxylic acids is 2. The average Bonchev–Trinajstić information content (AvgIpc) is 2.57. The Morgan fingerprint density at radius 3 is 2.07 bits per heavy atom. The van der Waals surface area contributed by atoms with Crippen molar-refractivity contribution in [3.8, 4) is 0 Å². The summed E-state index contributed by atoms with van der Waals surface area (Å²) in [6.07, 6.45) is 1.49. The van der Waals surface area contributed by atoms with E-state index in [0.717, 1.165) is 25.9 Å². The molecule has 1 unspecified atom stereocenters. The van der Waals surface area contributed by atoms with Gasteiger partial charge in [0.25, 0.3) is 0 Å². The number of guanidine groups is 1. The highest BCUT2D eigenvalue weighted by Crippen LogP contribution is 2.19. The van der Waals surface area contributed by atoms with Crippen LogP contribution in [0.2, 0.25) is 0 Å². The molecule has 0 aromatic carbocycles. The Hall–Kier alpha value is -2.19. The van der Waals surface area contributed by atoms with Gasteiger partial charge in [0.15, 0.2) is 5.96 Å². The fourth-order valence-corrected chi connectivity index (χ4v) is 3.40. The zero-order chi connectivity index (χ0) is 22.5. The molecule has 9 heteroatoms. The molecule has 0 radical (unpaired) electrons. The summed E-state index contributed by atoms with van der Waals surface area (Å²) < 4.78 is 10.9. The minimum Gasteiger partial charge on any atom is -0.444 e. The monoisotopic (exact) mass is 425 g/mol. The minimum absolute atomic E-state index is 0.147. The Morgan fingerprint density at radius 1 is 0.967 bits per heavy atom. The highest BCUT2D eigenvalue weighted by Gasteiger charge is 2.34. The van der Waals surface area contributed by atoms with Gasteiger partial charge in [-0.15, -0.1) is 0 Å². The molecule has 0 bridgehead atoms. The topological polar surface area (TPSA) is 95.5 Å². The molecule has 0 spiro atoms. The molecule has 172 valence electrons. The number of piperidine rings is 1. The number of nitrogens with one attached hydrogen (secondary N) is 2. The van der Waals surface area contributed by atoms with Crippen molar-refractivity contribution >= 4 is 18.1 Å². The van der Waals surface area contributed by atoms with Crippen LogP contribution in [-0.2, 0) is 9.47 Å². The van der Waals surface area contributed by atoms with Crippen LogP contribution in [0.25, 0.3) is 0 Å². The number of hydrogen-bond donors (Lipinski definition) is 2. The molecule has 2 aliphatic heterocycles. The molecule has 1 atom stereocenters. The van der Waals surface area contributed by atoms with E-state index in [2.05, 4.69) is 15.6 Å². The Morgan fingerprint density at radius 2 is 1.53 bits per heavy atom. The molecule has 2 fully saturated rings. The second kappa shape index (κ2) is 9.75. The zero-order valence-corrected chi connectivity index (χ0v) is 19.6. The second-order valence-electron chi connectivity index (χ2n) is 10.1. The van der Waals surface area contributed by atoms with Crippen LogP contribution in [0.3, 0.4) is 0 Å². The van der Waals surface area contributed by atoms with Gasteiger partial charge in [-0.2, -0.15) is 0 Å². The lowest BCUT2D eigenvalue weighted by molar-refractivity contribution is 0.00682. The fraction of sp³-hybridized carbons (Fsp3) is 0.857. The Balaban J connectivity index is 1.72. The first-order valence-corrected chi connectivity index (χ1v) is 10.8. The third-order valence-corrected chi connectivity index (χ3v) is 4.83. The van der Waals surface area contributed by atoms with E-state index < -0.39 is 11.2 Å². The van der Waals surface area contributed by atoms with Crippen molar-refractivity contribution in [3.05, 3.63) is 0 Å². The summed E-state index contributed by atoms with van der Waals surface area (Å²) in [6.45, 7) is 14.5. The minimum atomic E-state index is -0.486. The van der Waals surface area contributed by atoms with E-state index in [9.17, 15) is 9.59 Å². The van der Waals surface area contributed by atoms with Crippen molar-refractivity contribution in [3.63, 3.8) is 0 Å². The largest absolute Gasteiger partial charge is 0.444 e. The fourth-order valence-electron chi connectivity index (χ4n) is 3.40. The summed E-state index contributed by atoms with van der Waals surface area (Å²) >= 11 is 0. The number of carbonyl (C=O) groups is 2. The molecule has 2 heterocycles. The van der Waals surface area contributed by atoms with Crippen molar-refractivity contribution in [2.75, 3.05) is 39.8 Å². The Kier molecular flexibility index (Phi) is 7.82. The lowest BCUT2D eigenvalue weighted by Gasteiger charge is -2.40. The molecular formula is C21H39N5O4.